The van der Waals surface area contributed by atoms with Crippen molar-refractivity contribution in [2.75, 3.05) is 6.54 Å². The summed E-state index contributed by atoms with van der Waals surface area (Å²) >= 11 is 0. The third-order valence-electron chi connectivity index (χ3n) is 4.39. The van der Waals surface area contributed by atoms with Crippen LogP contribution in [0.15, 0.2) is 65.6 Å². The number of carbonyl (C=O) groups is 1. The van der Waals surface area contributed by atoms with Gasteiger partial charge in [0.25, 0.3) is 0 Å². The predicted octanol–water partition coefficient (Wildman–Crippen LogP) is 3.27. The summed E-state index contributed by atoms with van der Waals surface area (Å²) in [5, 5.41) is 4.49. The molecule has 0 saturated heterocycles. The fourth-order valence-corrected chi connectivity index (χ4v) is 3.89. The molecule has 0 atom stereocenters. The Kier molecular flexibility index (Phi) is 6.06. The lowest BCUT2D eigenvalue weighted by Crippen LogP contribution is -2.30. The minimum absolute atomic E-state index is 0.00693. The highest BCUT2D eigenvalue weighted by Gasteiger charge is 2.14. The normalized spacial score (nSPS) is 11.5. The van der Waals surface area contributed by atoms with Crippen molar-refractivity contribution in [1.29, 1.82) is 0 Å². The molecule has 0 radical (unpaired) electrons. The molecule has 0 saturated carbocycles. The Morgan fingerprint density at radius 1 is 1.00 bits per heavy atom. The highest BCUT2D eigenvalue weighted by atomic mass is 32.2. The lowest BCUT2D eigenvalue weighted by molar-refractivity contribution is -0.121. The zero-order valence-electron chi connectivity index (χ0n) is 15.4. The molecule has 3 rings (SSSR count). The summed E-state index contributed by atoms with van der Waals surface area (Å²) < 4.78 is 40.6. The second-order valence-corrected chi connectivity index (χ2v) is 8.28. The monoisotopic (exact) mass is 400 g/mol. The molecular formula is C21H21FN2O3S. The van der Waals surface area contributed by atoms with Crippen molar-refractivity contribution in [3.63, 3.8) is 0 Å². The summed E-state index contributed by atoms with van der Waals surface area (Å²) in [4.78, 5) is 12.1. The molecule has 7 heteroatoms. The van der Waals surface area contributed by atoms with Gasteiger partial charge in [-0.25, -0.2) is 17.5 Å². The van der Waals surface area contributed by atoms with E-state index in [0.29, 0.717) is 5.56 Å². The molecule has 0 aromatic heterocycles. The van der Waals surface area contributed by atoms with Gasteiger partial charge in [-0.2, -0.15) is 0 Å². The number of rotatable bonds is 7. The Balaban J connectivity index is 1.52. The minimum Gasteiger partial charge on any atom is -0.352 e. The first-order chi connectivity index (χ1) is 13.3. The fourth-order valence-electron chi connectivity index (χ4n) is 2.82. The van der Waals surface area contributed by atoms with Crippen LogP contribution in [0, 0.1) is 12.7 Å². The van der Waals surface area contributed by atoms with Crippen molar-refractivity contribution in [2.45, 2.75) is 24.8 Å². The largest absolute Gasteiger partial charge is 0.352 e. The molecule has 28 heavy (non-hydrogen) atoms. The first kappa shape index (κ1) is 20.0. The number of amides is 1. The van der Waals surface area contributed by atoms with Crippen molar-refractivity contribution in [3.05, 3.63) is 77.6 Å². The molecule has 0 spiro atoms. The van der Waals surface area contributed by atoms with E-state index in [2.05, 4.69) is 10.0 Å². The molecule has 3 aromatic rings. The topological polar surface area (TPSA) is 75.3 Å². The van der Waals surface area contributed by atoms with Crippen LogP contribution in [0.1, 0.15) is 17.5 Å². The maximum atomic E-state index is 13.2. The number of carbonyl (C=O) groups excluding carboxylic acids is 1. The van der Waals surface area contributed by atoms with Crippen LogP contribution in [0.3, 0.4) is 0 Å². The van der Waals surface area contributed by atoms with Crippen molar-refractivity contribution < 1.29 is 17.6 Å². The van der Waals surface area contributed by atoms with Crippen LogP contribution in [0.5, 0.6) is 0 Å². The smallest absolute Gasteiger partial charge is 0.240 e. The maximum Gasteiger partial charge on any atom is 0.240 e. The molecule has 1 amide bonds. The van der Waals surface area contributed by atoms with Gasteiger partial charge in [-0.3, -0.25) is 4.79 Å². The standard InChI is InChI=1S/C21H21FN2O3S/c1-15-12-16(6-9-20(15)22)14-23-21(25)10-11-24-28(26,27)19-8-7-17-4-2-3-5-18(17)13-19/h2-9,12-13,24H,10-11,14H2,1H3,(H,23,25). The van der Waals surface area contributed by atoms with Crippen molar-refractivity contribution in [2.24, 2.45) is 0 Å². The third-order valence-corrected chi connectivity index (χ3v) is 5.85. The Morgan fingerprint density at radius 3 is 2.50 bits per heavy atom. The van der Waals surface area contributed by atoms with Crippen LogP contribution in [0.25, 0.3) is 10.8 Å². The molecule has 2 N–H and O–H groups in total. The van der Waals surface area contributed by atoms with Gasteiger partial charge in [-0.1, -0.05) is 42.5 Å². The number of sulfonamides is 1. The maximum absolute atomic E-state index is 13.2. The van der Waals surface area contributed by atoms with Gasteiger partial charge in [-0.15, -0.1) is 0 Å². The zero-order chi connectivity index (χ0) is 20.1. The van der Waals surface area contributed by atoms with Crippen LogP contribution in [0.2, 0.25) is 0 Å². The van der Waals surface area contributed by atoms with E-state index in [1.54, 1.807) is 37.3 Å². The number of benzene rings is 3. The van der Waals surface area contributed by atoms with Gasteiger partial charge in [0.05, 0.1) is 4.90 Å². The summed E-state index contributed by atoms with van der Waals surface area (Å²) in [6.45, 7) is 1.91. The fraction of sp³-hybridized carbons (Fsp3) is 0.190. The summed E-state index contributed by atoms with van der Waals surface area (Å²) in [7, 11) is -3.70. The Hall–Kier alpha value is -2.77. The highest BCUT2D eigenvalue weighted by Crippen LogP contribution is 2.18. The lowest BCUT2D eigenvalue weighted by atomic mass is 10.1. The van der Waals surface area contributed by atoms with Gasteiger partial charge in [-0.05, 0) is 47.0 Å². The van der Waals surface area contributed by atoms with E-state index >= 15 is 0 Å². The molecule has 3 aromatic carbocycles. The molecule has 0 bridgehead atoms. The van der Waals surface area contributed by atoms with Crippen molar-refractivity contribution in [3.8, 4) is 0 Å². The Bertz CT molecular complexity index is 1110. The van der Waals surface area contributed by atoms with E-state index in [1.807, 2.05) is 24.3 Å². The molecule has 0 unspecified atom stereocenters. The molecule has 5 nitrogen and oxygen atoms in total. The van der Waals surface area contributed by atoms with Crippen LogP contribution in [-0.4, -0.2) is 20.9 Å². The minimum atomic E-state index is -3.70. The molecular weight excluding hydrogens is 379 g/mol. The number of hydrogen-bond acceptors (Lipinski definition) is 3. The van der Waals surface area contributed by atoms with Gasteiger partial charge >= 0.3 is 0 Å². The van der Waals surface area contributed by atoms with Gasteiger partial charge in [0.1, 0.15) is 5.82 Å². The Labute approximate surface area is 163 Å². The first-order valence-electron chi connectivity index (χ1n) is 8.85. The predicted molar refractivity (Wildman–Crippen MR) is 107 cm³/mol. The quantitative estimate of drug-likeness (QED) is 0.639. The second kappa shape index (κ2) is 8.50. The SMILES string of the molecule is Cc1cc(CNC(=O)CCNS(=O)(=O)c2ccc3ccccc3c2)ccc1F. The number of fused-ring (bicyclic) bond motifs is 1. The molecule has 146 valence electrons. The van der Waals surface area contributed by atoms with E-state index in [9.17, 15) is 17.6 Å². The second-order valence-electron chi connectivity index (χ2n) is 6.52. The van der Waals surface area contributed by atoms with E-state index < -0.39 is 10.0 Å². The summed E-state index contributed by atoms with van der Waals surface area (Å²) in [5.41, 5.74) is 1.29. The van der Waals surface area contributed by atoms with E-state index in [4.69, 9.17) is 0 Å². The van der Waals surface area contributed by atoms with Crippen LogP contribution < -0.4 is 10.0 Å². The van der Waals surface area contributed by atoms with Crippen molar-refractivity contribution in [1.82, 2.24) is 10.0 Å². The summed E-state index contributed by atoms with van der Waals surface area (Å²) in [5.74, 6) is -0.582. The molecule has 0 aliphatic rings. The van der Waals surface area contributed by atoms with E-state index in [-0.39, 0.29) is 36.1 Å². The molecule has 0 fully saturated rings. The van der Waals surface area contributed by atoms with Gasteiger partial charge in [0.2, 0.25) is 15.9 Å². The lowest BCUT2D eigenvalue weighted by Gasteiger charge is -2.09. The van der Waals surface area contributed by atoms with Crippen LogP contribution in [-0.2, 0) is 21.4 Å². The number of aryl methyl sites for hydroxylation is 1. The average Bonchev–Trinajstić information content (AvgIpc) is 2.68. The third kappa shape index (κ3) is 4.94. The Morgan fingerprint density at radius 2 is 1.75 bits per heavy atom. The highest BCUT2D eigenvalue weighted by molar-refractivity contribution is 7.89. The average molecular weight is 400 g/mol. The molecule has 0 heterocycles. The van der Waals surface area contributed by atoms with Gasteiger partial charge in [0, 0.05) is 19.5 Å². The summed E-state index contributed by atoms with van der Waals surface area (Å²) in [6.07, 6.45) is 0.00693. The van der Waals surface area contributed by atoms with Crippen LogP contribution >= 0.6 is 0 Å². The number of halogens is 1. The van der Waals surface area contributed by atoms with Gasteiger partial charge < -0.3 is 5.32 Å². The number of hydrogen-bond donors (Lipinski definition) is 2. The van der Waals surface area contributed by atoms with E-state index in [1.165, 1.54) is 6.07 Å². The van der Waals surface area contributed by atoms with Crippen molar-refractivity contribution >= 4 is 26.7 Å². The summed E-state index contributed by atoms with van der Waals surface area (Å²) in [6, 6.07) is 17.0. The molecule has 0 aliphatic carbocycles. The van der Waals surface area contributed by atoms with Gasteiger partial charge in [0.15, 0.2) is 0 Å². The number of nitrogens with one attached hydrogen (secondary N) is 2. The zero-order valence-corrected chi connectivity index (χ0v) is 16.2. The van der Waals surface area contributed by atoms with E-state index in [0.717, 1.165) is 16.3 Å². The first-order valence-corrected chi connectivity index (χ1v) is 10.3. The molecule has 0 aliphatic heterocycles. The van der Waals surface area contributed by atoms with Crippen LogP contribution in [0.4, 0.5) is 4.39 Å².